The Hall–Kier alpha value is -2.12. The molecule has 1 N–H and O–H groups in total. The minimum Gasteiger partial charge on any atom is -0.508 e. The number of halogens is 3. The van der Waals surface area contributed by atoms with E-state index >= 15 is 0 Å². The number of ether oxygens (including phenoxy) is 2. The lowest BCUT2D eigenvalue weighted by Crippen LogP contribution is -2.37. The molecule has 1 aromatic carbocycles. The molecule has 8 heteroatoms. The summed E-state index contributed by atoms with van der Waals surface area (Å²) in [7, 11) is 0. The molecule has 1 fully saturated rings. The predicted molar refractivity (Wildman–Crippen MR) is 84.2 cm³/mol. The molecular formula is C17H22F3NO4. The summed E-state index contributed by atoms with van der Waals surface area (Å²) in [5, 5.41) is 9.64. The zero-order valence-electron chi connectivity index (χ0n) is 14.4. The number of phenols is 1. The van der Waals surface area contributed by atoms with E-state index in [1.165, 1.54) is 11.0 Å². The Balaban J connectivity index is 2.15. The molecule has 0 unspecified atom stereocenters. The standard InChI is InChI=1S/C17H22F3NO4/c1-16(2,3)25-15(23)21(9-11-4-5-11)10-12-6-13(22)8-14(7-12)24-17(18,19)20/h6-8,11,22H,4-5,9-10H2,1-3H3. The smallest absolute Gasteiger partial charge is 0.508 e. The number of benzene rings is 1. The second-order valence-electron chi connectivity index (χ2n) is 7.19. The number of aromatic hydroxyl groups is 1. The summed E-state index contributed by atoms with van der Waals surface area (Å²) in [5.74, 6) is -0.527. The molecule has 0 aromatic heterocycles. The first-order valence-electron chi connectivity index (χ1n) is 7.98. The third kappa shape index (κ3) is 7.11. The van der Waals surface area contributed by atoms with Crippen LogP contribution in [0.15, 0.2) is 18.2 Å². The molecule has 1 amide bonds. The first-order valence-corrected chi connectivity index (χ1v) is 7.98. The average Bonchev–Trinajstić information content (AvgIpc) is 3.16. The van der Waals surface area contributed by atoms with E-state index in [9.17, 15) is 23.1 Å². The Morgan fingerprint density at radius 3 is 2.40 bits per heavy atom. The van der Waals surface area contributed by atoms with Gasteiger partial charge in [0.2, 0.25) is 0 Å². The van der Waals surface area contributed by atoms with E-state index in [1.807, 2.05) is 0 Å². The largest absolute Gasteiger partial charge is 0.573 e. The highest BCUT2D eigenvalue weighted by Crippen LogP contribution is 2.32. The predicted octanol–water partition coefficient (Wildman–Crippen LogP) is 4.44. The van der Waals surface area contributed by atoms with Crippen molar-refractivity contribution in [1.82, 2.24) is 4.90 Å². The van der Waals surface area contributed by atoms with Crippen molar-refractivity contribution in [2.45, 2.75) is 52.1 Å². The topological polar surface area (TPSA) is 59.0 Å². The van der Waals surface area contributed by atoms with E-state index in [2.05, 4.69) is 4.74 Å². The maximum atomic E-state index is 12.4. The van der Waals surface area contributed by atoms with Crippen molar-refractivity contribution in [3.05, 3.63) is 23.8 Å². The lowest BCUT2D eigenvalue weighted by atomic mass is 10.1. The second-order valence-corrected chi connectivity index (χ2v) is 7.19. The van der Waals surface area contributed by atoms with Gasteiger partial charge in [0.15, 0.2) is 0 Å². The quantitative estimate of drug-likeness (QED) is 0.842. The highest BCUT2D eigenvalue weighted by Gasteiger charge is 2.32. The number of amides is 1. The van der Waals surface area contributed by atoms with Crippen LogP contribution in [0.2, 0.25) is 0 Å². The van der Waals surface area contributed by atoms with Gasteiger partial charge in [-0.25, -0.2) is 4.79 Å². The zero-order valence-corrected chi connectivity index (χ0v) is 14.4. The van der Waals surface area contributed by atoms with Crippen molar-refractivity contribution in [2.24, 2.45) is 5.92 Å². The van der Waals surface area contributed by atoms with E-state index < -0.39 is 23.8 Å². The van der Waals surface area contributed by atoms with Crippen molar-refractivity contribution in [1.29, 1.82) is 0 Å². The van der Waals surface area contributed by atoms with Gasteiger partial charge in [0.05, 0.1) is 0 Å². The van der Waals surface area contributed by atoms with E-state index in [-0.39, 0.29) is 12.3 Å². The molecule has 1 aliphatic rings. The average molecular weight is 361 g/mol. The van der Waals surface area contributed by atoms with Crippen LogP contribution in [0, 0.1) is 5.92 Å². The van der Waals surface area contributed by atoms with Gasteiger partial charge in [0, 0.05) is 19.2 Å². The number of rotatable bonds is 5. The molecule has 0 bridgehead atoms. The van der Waals surface area contributed by atoms with Gasteiger partial charge in [0.25, 0.3) is 0 Å². The molecule has 2 rings (SSSR count). The number of phenolic OH excluding ortho intramolecular Hbond substituents is 1. The number of alkyl halides is 3. The van der Waals surface area contributed by atoms with E-state index in [1.54, 1.807) is 20.8 Å². The maximum absolute atomic E-state index is 12.4. The number of hydrogen-bond acceptors (Lipinski definition) is 4. The molecule has 1 aliphatic carbocycles. The fourth-order valence-electron chi connectivity index (χ4n) is 2.29. The molecular weight excluding hydrogens is 339 g/mol. The third-order valence-electron chi connectivity index (χ3n) is 3.39. The fraction of sp³-hybridized carbons (Fsp3) is 0.588. The van der Waals surface area contributed by atoms with E-state index in [0.717, 1.165) is 25.0 Å². The second kappa shape index (κ2) is 7.01. The Morgan fingerprint density at radius 1 is 1.24 bits per heavy atom. The SMILES string of the molecule is CC(C)(C)OC(=O)N(Cc1cc(O)cc(OC(F)(F)F)c1)CC1CC1. The van der Waals surface area contributed by atoms with E-state index in [4.69, 9.17) is 4.74 Å². The minimum atomic E-state index is -4.86. The molecule has 0 aliphatic heterocycles. The normalized spacial score (nSPS) is 15.0. The lowest BCUT2D eigenvalue weighted by molar-refractivity contribution is -0.274. The van der Waals surface area contributed by atoms with Crippen molar-refractivity contribution in [2.75, 3.05) is 6.54 Å². The van der Waals surface area contributed by atoms with Crippen LogP contribution in [0.4, 0.5) is 18.0 Å². The molecule has 1 saturated carbocycles. The fourth-order valence-corrected chi connectivity index (χ4v) is 2.29. The molecule has 0 atom stereocenters. The van der Waals surface area contributed by atoms with Crippen LogP contribution in [0.5, 0.6) is 11.5 Å². The Kier molecular flexibility index (Phi) is 5.39. The summed E-state index contributed by atoms with van der Waals surface area (Å²) in [6.07, 6.45) is -3.39. The molecule has 25 heavy (non-hydrogen) atoms. The van der Waals surface area contributed by atoms with Gasteiger partial charge in [-0.1, -0.05) is 0 Å². The van der Waals surface area contributed by atoms with Crippen LogP contribution in [-0.2, 0) is 11.3 Å². The minimum absolute atomic E-state index is 0.0219. The molecule has 0 heterocycles. The van der Waals surface area contributed by atoms with Crippen molar-refractivity contribution in [3.8, 4) is 11.5 Å². The van der Waals surface area contributed by atoms with E-state index in [0.29, 0.717) is 18.0 Å². The molecule has 140 valence electrons. The van der Waals surface area contributed by atoms with Crippen LogP contribution < -0.4 is 4.74 Å². The monoisotopic (exact) mass is 361 g/mol. The van der Waals surface area contributed by atoms with Crippen LogP contribution in [0.25, 0.3) is 0 Å². The zero-order chi connectivity index (χ0) is 18.8. The van der Waals surface area contributed by atoms with Gasteiger partial charge >= 0.3 is 12.5 Å². The van der Waals surface area contributed by atoms with Gasteiger partial charge in [-0.05, 0) is 57.2 Å². The first kappa shape index (κ1) is 19.2. The summed E-state index contributed by atoms with van der Waals surface area (Å²) in [6.45, 7) is 5.70. The van der Waals surface area contributed by atoms with Crippen LogP contribution in [-0.4, -0.2) is 34.6 Å². The molecule has 1 aromatic rings. The van der Waals surface area contributed by atoms with Gasteiger partial charge in [-0.15, -0.1) is 13.2 Å². The number of carbonyl (C=O) groups excluding carboxylic acids is 1. The number of carbonyl (C=O) groups is 1. The summed E-state index contributed by atoms with van der Waals surface area (Å²) >= 11 is 0. The summed E-state index contributed by atoms with van der Waals surface area (Å²) in [5.41, 5.74) is -0.354. The van der Waals surface area contributed by atoms with Gasteiger partial charge in [-0.3, -0.25) is 0 Å². The van der Waals surface area contributed by atoms with Crippen molar-refractivity contribution >= 4 is 6.09 Å². The van der Waals surface area contributed by atoms with Gasteiger partial charge < -0.3 is 19.5 Å². The summed E-state index contributed by atoms with van der Waals surface area (Å²) in [4.78, 5) is 13.8. The van der Waals surface area contributed by atoms with Crippen LogP contribution in [0.3, 0.4) is 0 Å². The van der Waals surface area contributed by atoms with Gasteiger partial charge in [-0.2, -0.15) is 0 Å². The molecule has 0 radical (unpaired) electrons. The van der Waals surface area contributed by atoms with Crippen molar-refractivity contribution in [3.63, 3.8) is 0 Å². The molecule has 0 saturated heterocycles. The highest BCUT2D eigenvalue weighted by molar-refractivity contribution is 5.68. The third-order valence-corrected chi connectivity index (χ3v) is 3.39. The van der Waals surface area contributed by atoms with Crippen LogP contribution in [0.1, 0.15) is 39.2 Å². The Labute approximate surface area is 144 Å². The highest BCUT2D eigenvalue weighted by atomic mass is 19.4. The molecule has 5 nitrogen and oxygen atoms in total. The Bertz CT molecular complexity index is 621. The summed E-state index contributed by atoms with van der Waals surface area (Å²) < 4.78 is 46.3. The number of hydrogen-bond donors (Lipinski definition) is 1. The lowest BCUT2D eigenvalue weighted by Gasteiger charge is -2.27. The van der Waals surface area contributed by atoms with Crippen LogP contribution >= 0.6 is 0 Å². The number of nitrogens with zero attached hydrogens (tertiary/aromatic N) is 1. The Morgan fingerprint density at radius 2 is 1.88 bits per heavy atom. The molecule has 0 spiro atoms. The maximum Gasteiger partial charge on any atom is 0.573 e. The van der Waals surface area contributed by atoms with Crippen molar-refractivity contribution < 1.29 is 32.5 Å². The first-order chi connectivity index (χ1) is 11.4. The van der Waals surface area contributed by atoms with Gasteiger partial charge in [0.1, 0.15) is 17.1 Å². The summed E-state index contributed by atoms with van der Waals surface area (Å²) in [6, 6.07) is 3.32.